The molecule has 0 aromatic carbocycles. The van der Waals surface area contributed by atoms with Gasteiger partial charge < -0.3 is 20.1 Å². The molecule has 0 aliphatic rings. The number of hydrogen-bond donors (Lipinski definition) is 1. The second-order valence-corrected chi connectivity index (χ2v) is 3.78. The largest absolute Gasteiger partial charge is 0.490 e. The summed E-state index contributed by atoms with van der Waals surface area (Å²) in [5.74, 6) is 1.10. The third-order valence-electron chi connectivity index (χ3n) is 1.98. The van der Waals surface area contributed by atoms with Gasteiger partial charge in [0.15, 0.2) is 16.6 Å². The van der Waals surface area contributed by atoms with Gasteiger partial charge in [-0.25, -0.2) is 0 Å². The number of ether oxygens (including phenoxy) is 2. The zero-order valence-corrected chi connectivity index (χ0v) is 10.1. The van der Waals surface area contributed by atoms with Gasteiger partial charge in [0.2, 0.25) is 0 Å². The molecule has 0 radical (unpaired) electrons. The molecule has 0 aliphatic carbocycles. The molecule has 0 spiro atoms. The van der Waals surface area contributed by atoms with Crippen LogP contribution < -0.4 is 15.4 Å². The third kappa shape index (κ3) is 2.97. The maximum Gasteiger partial charge on any atom is 0.197 e. The quantitative estimate of drug-likeness (QED) is 0.746. The fourth-order valence-electron chi connectivity index (χ4n) is 1.17. The van der Waals surface area contributed by atoms with E-state index in [0.29, 0.717) is 18.2 Å². The van der Waals surface area contributed by atoms with Crippen LogP contribution in [0.25, 0.3) is 0 Å². The molecule has 1 aromatic rings. The van der Waals surface area contributed by atoms with Crippen molar-refractivity contribution in [1.29, 1.82) is 0 Å². The van der Waals surface area contributed by atoms with Crippen LogP contribution in [-0.4, -0.2) is 38.3 Å². The van der Waals surface area contributed by atoms with Crippen LogP contribution in [0.2, 0.25) is 0 Å². The first-order valence-corrected chi connectivity index (χ1v) is 5.56. The van der Waals surface area contributed by atoms with E-state index >= 15 is 0 Å². The molecule has 86 valence electrons. The van der Waals surface area contributed by atoms with Crippen LogP contribution in [0.5, 0.6) is 5.75 Å². The molecule has 0 saturated heterocycles. The van der Waals surface area contributed by atoms with Crippen molar-refractivity contribution in [1.82, 2.24) is 4.37 Å². The summed E-state index contributed by atoms with van der Waals surface area (Å²) < 4.78 is 14.5. The number of methoxy groups -OCH3 is 1. The van der Waals surface area contributed by atoms with Gasteiger partial charge in [0.05, 0.1) is 13.7 Å². The number of nitrogens with two attached hydrogens (primary N) is 1. The minimum atomic E-state index is 0.445. The Morgan fingerprint density at radius 3 is 2.87 bits per heavy atom. The fourth-order valence-corrected chi connectivity index (χ4v) is 1.94. The number of aromatic nitrogens is 1. The molecular formula is C9H17N3O2S. The van der Waals surface area contributed by atoms with E-state index in [1.807, 2.05) is 18.9 Å². The lowest BCUT2D eigenvalue weighted by molar-refractivity contribution is 0.154. The van der Waals surface area contributed by atoms with E-state index in [1.54, 1.807) is 7.11 Å². The summed E-state index contributed by atoms with van der Waals surface area (Å²) in [5.41, 5.74) is 5.66. The van der Waals surface area contributed by atoms with Crippen molar-refractivity contribution >= 4 is 22.4 Å². The van der Waals surface area contributed by atoms with E-state index in [4.69, 9.17) is 15.2 Å². The Bertz CT molecular complexity index is 304. The molecule has 0 amide bonds. The van der Waals surface area contributed by atoms with Crippen LogP contribution in [0, 0.1) is 0 Å². The average Bonchev–Trinajstić information content (AvgIpc) is 2.59. The van der Waals surface area contributed by atoms with Crippen LogP contribution in [0.3, 0.4) is 0 Å². The lowest BCUT2D eigenvalue weighted by Gasteiger charge is -2.17. The summed E-state index contributed by atoms with van der Waals surface area (Å²) in [4.78, 5) is 2.03. The number of rotatable bonds is 6. The smallest absolute Gasteiger partial charge is 0.197 e. The zero-order valence-electron chi connectivity index (χ0n) is 9.32. The summed E-state index contributed by atoms with van der Waals surface area (Å²) in [6.07, 6.45) is 0. The lowest BCUT2D eigenvalue weighted by atomic mass is 10.5. The zero-order chi connectivity index (χ0) is 11.3. The van der Waals surface area contributed by atoms with Crippen LogP contribution in [0.1, 0.15) is 6.92 Å². The van der Waals surface area contributed by atoms with Crippen molar-refractivity contribution in [2.75, 3.05) is 44.5 Å². The van der Waals surface area contributed by atoms with Crippen LogP contribution in [0.15, 0.2) is 0 Å². The lowest BCUT2D eigenvalue weighted by Crippen LogP contribution is -2.22. The maximum absolute atomic E-state index is 5.66. The topological polar surface area (TPSA) is 60.6 Å². The van der Waals surface area contributed by atoms with E-state index < -0.39 is 0 Å². The summed E-state index contributed by atoms with van der Waals surface area (Å²) in [7, 11) is 3.56. The predicted octanol–water partition coefficient (Wildman–Crippen LogP) is 1.21. The predicted molar refractivity (Wildman–Crippen MR) is 62.8 cm³/mol. The van der Waals surface area contributed by atoms with Crippen molar-refractivity contribution in [2.24, 2.45) is 0 Å². The van der Waals surface area contributed by atoms with Gasteiger partial charge in [-0.3, -0.25) is 0 Å². The third-order valence-corrected chi connectivity index (χ3v) is 2.94. The number of likely N-dealkylation sites (N-methyl/N-ethyl adjacent to an activating group) is 1. The van der Waals surface area contributed by atoms with Gasteiger partial charge in [0.1, 0.15) is 0 Å². The van der Waals surface area contributed by atoms with Crippen molar-refractivity contribution < 1.29 is 9.47 Å². The Kier molecular flexibility index (Phi) is 4.64. The Hall–Kier alpha value is -1.01. The molecule has 1 rings (SSSR count). The Morgan fingerprint density at radius 1 is 1.53 bits per heavy atom. The molecule has 1 aromatic heterocycles. The SMILES string of the molecule is CCOCCN(C)c1snc(N)c1OC. The van der Waals surface area contributed by atoms with Gasteiger partial charge in [0, 0.05) is 20.2 Å². The van der Waals surface area contributed by atoms with Crippen molar-refractivity contribution in [3.05, 3.63) is 0 Å². The molecule has 0 saturated carbocycles. The second-order valence-electron chi connectivity index (χ2n) is 3.02. The van der Waals surface area contributed by atoms with E-state index in [1.165, 1.54) is 11.5 Å². The molecule has 0 unspecified atom stereocenters. The molecule has 2 N–H and O–H groups in total. The van der Waals surface area contributed by atoms with Crippen LogP contribution in [0.4, 0.5) is 10.8 Å². The van der Waals surface area contributed by atoms with E-state index in [-0.39, 0.29) is 0 Å². The van der Waals surface area contributed by atoms with Gasteiger partial charge in [-0.05, 0) is 18.5 Å². The Balaban J connectivity index is 2.60. The molecule has 0 bridgehead atoms. The van der Waals surface area contributed by atoms with Gasteiger partial charge in [-0.1, -0.05) is 0 Å². The molecule has 5 nitrogen and oxygen atoms in total. The van der Waals surface area contributed by atoms with E-state index in [2.05, 4.69) is 4.37 Å². The van der Waals surface area contributed by atoms with Gasteiger partial charge in [-0.2, -0.15) is 4.37 Å². The molecule has 1 heterocycles. The fraction of sp³-hybridized carbons (Fsp3) is 0.667. The minimum Gasteiger partial charge on any atom is -0.490 e. The summed E-state index contributed by atoms with van der Waals surface area (Å²) >= 11 is 1.34. The standard InChI is InChI=1S/C9H17N3O2S/c1-4-14-6-5-12(2)9-7(13-3)8(10)11-15-9/h4-6H2,1-3H3,(H2,10,11). The van der Waals surface area contributed by atoms with Crippen molar-refractivity contribution in [3.8, 4) is 5.75 Å². The first-order chi connectivity index (χ1) is 7.20. The molecule has 0 fully saturated rings. The minimum absolute atomic E-state index is 0.445. The highest BCUT2D eigenvalue weighted by Gasteiger charge is 2.15. The summed E-state index contributed by atoms with van der Waals surface area (Å²) in [5, 5.41) is 0.940. The van der Waals surface area contributed by atoms with Gasteiger partial charge >= 0.3 is 0 Å². The molecule has 15 heavy (non-hydrogen) atoms. The van der Waals surface area contributed by atoms with Crippen molar-refractivity contribution in [2.45, 2.75) is 6.92 Å². The monoisotopic (exact) mass is 231 g/mol. The average molecular weight is 231 g/mol. The first kappa shape index (κ1) is 12.1. The van der Waals surface area contributed by atoms with Gasteiger partial charge in [-0.15, -0.1) is 0 Å². The summed E-state index contributed by atoms with van der Waals surface area (Å²) in [6.45, 7) is 4.20. The van der Waals surface area contributed by atoms with Crippen LogP contribution >= 0.6 is 11.5 Å². The number of nitrogen functional groups attached to an aromatic ring is 1. The highest BCUT2D eigenvalue weighted by Crippen LogP contribution is 2.36. The van der Waals surface area contributed by atoms with E-state index in [9.17, 15) is 0 Å². The second kappa shape index (κ2) is 5.77. The van der Waals surface area contributed by atoms with Crippen molar-refractivity contribution in [3.63, 3.8) is 0 Å². The Labute approximate surface area is 93.9 Å². The Morgan fingerprint density at radius 2 is 2.27 bits per heavy atom. The molecular weight excluding hydrogens is 214 g/mol. The molecule has 0 aliphatic heterocycles. The first-order valence-electron chi connectivity index (χ1n) is 4.78. The van der Waals surface area contributed by atoms with Gasteiger partial charge in [0.25, 0.3) is 0 Å². The van der Waals surface area contributed by atoms with Crippen LogP contribution in [-0.2, 0) is 4.74 Å². The highest BCUT2D eigenvalue weighted by atomic mass is 32.1. The maximum atomic E-state index is 5.66. The molecule has 0 atom stereocenters. The van der Waals surface area contributed by atoms with E-state index in [0.717, 1.165) is 18.2 Å². The molecule has 6 heteroatoms. The number of anilines is 2. The summed E-state index contributed by atoms with van der Waals surface area (Å²) in [6, 6.07) is 0. The normalized spacial score (nSPS) is 10.3. The highest BCUT2D eigenvalue weighted by molar-refractivity contribution is 7.11. The number of nitrogens with zero attached hydrogens (tertiary/aromatic N) is 2. The number of hydrogen-bond acceptors (Lipinski definition) is 6.